The molecule has 34 heavy (non-hydrogen) atoms. The van der Waals surface area contributed by atoms with E-state index in [1.54, 1.807) is 31.4 Å². The minimum Gasteiger partial charge on any atom is -0.497 e. The Bertz CT molecular complexity index is 1270. The van der Waals surface area contributed by atoms with Gasteiger partial charge in [0.1, 0.15) is 23.3 Å². The summed E-state index contributed by atoms with van der Waals surface area (Å²) in [5.41, 5.74) is 0.665. The minimum absolute atomic E-state index is 0.0763. The predicted molar refractivity (Wildman–Crippen MR) is 129 cm³/mol. The van der Waals surface area contributed by atoms with Gasteiger partial charge in [-0.2, -0.15) is 4.98 Å². The second-order valence-electron chi connectivity index (χ2n) is 8.67. The highest BCUT2D eigenvalue weighted by Crippen LogP contribution is 2.30. The number of carbonyl (C=O) groups excluding carboxylic acids is 2. The highest BCUT2D eigenvalue weighted by molar-refractivity contribution is 7.22. The summed E-state index contributed by atoms with van der Waals surface area (Å²) in [5, 5.41) is 6.54. The first-order valence-electron chi connectivity index (χ1n) is 11.4. The van der Waals surface area contributed by atoms with Crippen LogP contribution in [0, 0.1) is 5.92 Å². The maximum absolute atomic E-state index is 13.0. The van der Waals surface area contributed by atoms with Crippen molar-refractivity contribution in [2.45, 2.75) is 38.3 Å². The Kier molecular flexibility index (Phi) is 6.18. The van der Waals surface area contributed by atoms with Gasteiger partial charge in [0.25, 0.3) is 5.56 Å². The molecule has 1 saturated carbocycles. The third kappa shape index (κ3) is 4.89. The average Bonchev–Trinajstić information content (AvgIpc) is 3.55. The smallest absolute Gasteiger partial charge is 0.273 e. The lowest BCUT2D eigenvalue weighted by atomic mass is 9.97. The minimum atomic E-state index is -0.335. The molecule has 1 aliphatic heterocycles. The van der Waals surface area contributed by atoms with Crippen LogP contribution in [0.3, 0.4) is 0 Å². The summed E-state index contributed by atoms with van der Waals surface area (Å²) in [5.74, 6) is 0.386. The van der Waals surface area contributed by atoms with Crippen LogP contribution < -0.4 is 25.8 Å². The van der Waals surface area contributed by atoms with E-state index in [0.717, 1.165) is 32.2 Å². The Morgan fingerprint density at radius 1 is 1.21 bits per heavy atom. The SMILES string of the molecule is COc1ccc(NC(=O)Cn2cnc3nc(N4CCCC(C(=O)NC5CC5)C4)sc3c2=O)cc1. The fourth-order valence-electron chi connectivity index (χ4n) is 4.02. The maximum atomic E-state index is 13.0. The summed E-state index contributed by atoms with van der Waals surface area (Å²) in [6.45, 7) is 1.20. The van der Waals surface area contributed by atoms with Crippen molar-refractivity contribution < 1.29 is 14.3 Å². The molecule has 1 saturated heterocycles. The normalized spacial score (nSPS) is 18.0. The largest absolute Gasteiger partial charge is 0.497 e. The highest BCUT2D eigenvalue weighted by atomic mass is 32.1. The Hall–Kier alpha value is -3.47. The fraction of sp³-hybridized carbons (Fsp3) is 0.435. The summed E-state index contributed by atoms with van der Waals surface area (Å²) in [6, 6.07) is 7.29. The number of nitrogens with one attached hydrogen (secondary N) is 2. The Morgan fingerprint density at radius 2 is 2.00 bits per heavy atom. The number of carbonyl (C=O) groups is 2. The summed E-state index contributed by atoms with van der Waals surface area (Å²) in [4.78, 5) is 48.9. The van der Waals surface area contributed by atoms with Gasteiger partial charge in [-0.3, -0.25) is 19.0 Å². The molecule has 1 aromatic carbocycles. The first-order valence-corrected chi connectivity index (χ1v) is 12.2. The van der Waals surface area contributed by atoms with E-state index in [2.05, 4.69) is 25.5 Å². The molecule has 5 rings (SSSR count). The number of methoxy groups -OCH3 is 1. The number of amides is 2. The number of rotatable bonds is 7. The van der Waals surface area contributed by atoms with E-state index in [9.17, 15) is 14.4 Å². The lowest BCUT2D eigenvalue weighted by Crippen LogP contribution is -2.43. The Balaban J connectivity index is 1.28. The van der Waals surface area contributed by atoms with Gasteiger partial charge in [-0.15, -0.1) is 0 Å². The molecule has 2 amide bonds. The summed E-state index contributed by atoms with van der Waals surface area (Å²) >= 11 is 1.26. The Labute approximate surface area is 200 Å². The number of hydrogen-bond acceptors (Lipinski definition) is 8. The molecule has 1 aliphatic carbocycles. The molecule has 2 fully saturated rings. The molecule has 2 aliphatic rings. The van der Waals surface area contributed by atoms with Crippen LogP contribution in [-0.2, 0) is 16.1 Å². The van der Waals surface area contributed by atoms with Crippen LogP contribution in [0.15, 0.2) is 35.4 Å². The molecule has 2 aromatic heterocycles. The van der Waals surface area contributed by atoms with Crippen LogP contribution in [0.2, 0.25) is 0 Å². The monoisotopic (exact) mass is 482 g/mol. The number of nitrogens with zero attached hydrogens (tertiary/aromatic N) is 4. The molecule has 3 aromatic rings. The number of ether oxygens (including phenoxy) is 1. The highest BCUT2D eigenvalue weighted by Gasteiger charge is 2.31. The van der Waals surface area contributed by atoms with Crippen molar-refractivity contribution in [3.8, 4) is 5.75 Å². The quantitative estimate of drug-likeness (QED) is 0.529. The van der Waals surface area contributed by atoms with Gasteiger partial charge in [0, 0.05) is 24.8 Å². The van der Waals surface area contributed by atoms with Gasteiger partial charge in [0.15, 0.2) is 10.8 Å². The lowest BCUT2D eigenvalue weighted by Gasteiger charge is -2.31. The molecule has 0 bridgehead atoms. The molecular weight excluding hydrogens is 456 g/mol. The number of fused-ring (bicyclic) bond motifs is 1. The van der Waals surface area contributed by atoms with Crippen LogP contribution in [-0.4, -0.2) is 52.6 Å². The molecule has 10 nitrogen and oxygen atoms in total. The number of piperidine rings is 1. The first-order chi connectivity index (χ1) is 16.5. The molecule has 1 unspecified atom stereocenters. The van der Waals surface area contributed by atoms with Gasteiger partial charge in [-0.05, 0) is 49.9 Å². The van der Waals surface area contributed by atoms with E-state index in [0.29, 0.717) is 39.5 Å². The summed E-state index contributed by atoms with van der Waals surface area (Å²) < 4.78 is 6.80. The third-order valence-electron chi connectivity index (χ3n) is 6.05. The predicted octanol–water partition coefficient (Wildman–Crippen LogP) is 2.00. The number of aromatic nitrogens is 3. The van der Waals surface area contributed by atoms with Gasteiger partial charge in [-0.25, -0.2) is 4.98 Å². The van der Waals surface area contributed by atoms with Crippen molar-refractivity contribution in [3.63, 3.8) is 0 Å². The first kappa shape index (κ1) is 22.3. The molecule has 0 spiro atoms. The van der Waals surface area contributed by atoms with Gasteiger partial charge >= 0.3 is 0 Å². The second kappa shape index (κ2) is 9.41. The number of hydrogen-bond donors (Lipinski definition) is 2. The zero-order valence-corrected chi connectivity index (χ0v) is 19.6. The van der Waals surface area contributed by atoms with Crippen molar-refractivity contribution in [2.24, 2.45) is 5.92 Å². The second-order valence-corrected chi connectivity index (χ2v) is 9.65. The van der Waals surface area contributed by atoms with Crippen molar-refractivity contribution in [1.82, 2.24) is 19.9 Å². The number of anilines is 2. The molecule has 1 atom stereocenters. The van der Waals surface area contributed by atoms with Crippen LogP contribution in [0.1, 0.15) is 25.7 Å². The molecular formula is C23H26N6O4S. The van der Waals surface area contributed by atoms with E-state index in [1.807, 2.05) is 0 Å². The van der Waals surface area contributed by atoms with E-state index in [4.69, 9.17) is 4.74 Å². The number of thiazole rings is 1. The van der Waals surface area contributed by atoms with Gasteiger partial charge < -0.3 is 20.3 Å². The fourth-order valence-corrected chi connectivity index (χ4v) is 5.03. The summed E-state index contributed by atoms with van der Waals surface area (Å²) in [7, 11) is 1.57. The zero-order valence-electron chi connectivity index (χ0n) is 18.8. The molecule has 2 N–H and O–H groups in total. The van der Waals surface area contributed by atoms with Crippen molar-refractivity contribution in [2.75, 3.05) is 30.4 Å². The summed E-state index contributed by atoms with van der Waals surface area (Å²) in [6.07, 6.45) is 5.23. The van der Waals surface area contributed by atoms with E-state index in [-0.39, 0.29) is 29.8 Å². The molecule has 3 heterocycles. The van der Waals surface area contributed by atoms with Gasteiger partial charge in [-0.1, -0.05) is 11.3 Å². The molecule has 178 valence electrons. The topological polar surface area (TPSA) is 118 Å². The molecule has 0 radical (unpaired) electrons. The molecule has 11 heteroatoms. The van der Waals surface area contributed by atoms with E-state index >= 15 is 0 Å². The van der Waals surface area contributed by atoms with Crippen molar-refractivity contribution in [1.29, 1.82) is 0 Å². The zero-order chi connectivity index (χ0) is 23.7. The van der Waals surface area contributed by atoms with Crippen molar-refractivity contribution in [3.05, 3.63) is 40.9 Å². The van der Waals surface area contributed by atoms with Crippen LogP contribution in [0.5, 0.6) is 5.75 Å². The van der Waals surface area contributed by atoms with Crippen LogP contribution >= 0.6 is 11.3 Å². The Morgan fingerprint density at radius 3 is 2.74 bits per heavy atom. The number of benzene rings is 1. The van der Waals surface area contributed by atoms with Gasteiger partial charge in [0.2, 0.25) is 11.8 Å². The lowest BCUT2D eigenvalue weighted by molar-refractivity contribution is -0.125. The van der Waals surface area contributed by atoms with Crippen LogP contribution in [0.4, 0.5) is 10.8 Å². The van der Waals surface area contributed by atoms with Gasteiger partial charge in [0.05, 0.1) is 13.0 Å². The average molecular weight is 483 g/mol. The standard InChI is InChI=1S/C23H26N6O4S/c1-33-17-8-6-15(7-9-17)25-18(30)12-29-13-24-20-19(22(29)32)34-23(27-20)28-10-2-3-14(11-28)21(31)26-16-4-5-16/h6-9,13-14,16H,2-5,10-12H2,1H3,(H,25,30)(H,26,31). The maximum Gasteiger partial charge on any atom is 0.273 e. The third-order valence-corrected chi connectivity index (χ3v) is 7.14. The van der Waals surface area contributed by atoms with E-state index in [1.165, 1.54) is 22.2 Å². The van der Waals surface area contributed by atoms with Crippen molar-refractivity contribution >= 4 is 44.3 Å². The van der Waals surface area contributed by atoms with Crippen LogP contribution in [0.25, 0.3) is 10.3 Å². The van der Waals surface area contributed by atoms with E-state index < -0.39 is 0 Å².